The van der Waals surface area contributed by atoms with Gasteiger partial charge in [0.05, 0.1) is 4.90 Å². The van der Waals surface area contributed by atoms with Crippen molar-refractivity contribution in [2.45, 2.75) is 30.2 Å². The van der Waals surface area contributed by atoms with Crippen molar-refractivity contribution in [1.82, 2.24) is 4.72 Å². The van der Waals surface area contributed by atoms with Gasteiger partial charge in [-0.05, 0) is 48.5 Å². The molecule has 0 radical (unpaired) electrons. The molecule has 0 saturated carbocycles. The molecule has 2 rings (SSSR count). The molecule has 0 aliphatic carbocycles. The first-order chi connectivity index (χ1) is 9.12. The molecular formula is C13H18ClNO2S2. The summed E-state index contributed by atoms with van der Waals surface area (Å²) in [6.45, 7) is 0. The van der Waals surface area contributed by atoms with E-state index in [4.69, 9.17) is 11.6 Å². The Labute approximate surface area is 124 Å². The molecule has 6 heteroatoms. The topological polar surface area (TPSA) is 46.2 Å². The summed E-state index contributed by atoms with van der Waals surface area (Å²) in [5, 5.41) is 0. The molecule has 0 unspecified atom stereocenters. The summed E-state index contributed by atoms with van der Waals surface area (Å²) in [6, 6.07) is 7.04. The Morgan fingerprint density at radius 1 is 1.21 bits per heavy atom. The van der Waals surface area contributed by atoms with Gasteiger partial charge >= 0.3 is 0 Å². The van der Waals surface area contributed by atoms with E-state index in [1.807, 2.05) is 23.9 Å². The van der Waals surface area contributed by atoms with Crippen molar-refractivity contribution in [3.63, 3.8) is 0 Å². The molecule has 1 saturated heterocycles. The quantitative estimate of drug-likeness (QED) is 0.849. The maximum Gasteiger partial charge on any atom is 0.240 e. The fraction of sp³-hybridized carbons (Fsp3) is 0.538. The number of alkyl halides is 1. The molecule has 1 aliphatic heterocycles. The average molecular weight is 320 g/mol. The zero-order valence-electron chi connectivity index (χ0n) is 10.6. The molecule has 1 N–H and O–H groups in total. The largest absolute Gasteiger partial charge is 0.240 e. The first-order valence-electron chi connectivity index (χ1n) is 6.37. The molecule has 106 valence electrons. The van der Waals surface area contributed by atoms with Crippen LogP contribution >= 0.6 is 23.4 Å². The lowest BCUT2D eigenvalue weighted by molar-refractivity contribution is 0.529. The highest BCUT2D eigenvalue weighted by Gasteiger charge is 2.21. The minimum atomic E-state index is -3.38. The third kappa shape index (κ3) is 4.38. The standard InChI is InChI=1S/C13H18ClNO2S2/c14-8-5-11-1-3-13(4-2-11)19(16,17)15-12-6-9-18-10-7-12/h1-4,12,15H,5-10H2. The van der Waals surface area contributed by atoms with Gasteiger partial charge in [0.2, 0.25) is 10.0 Å². The molecule has 0 amide bonds. The van der Waals surface area contributed by atoms with E-state index in [0.717, 1.165) is 36.3 Å². The van der Waals surface area contributed by atoms with Crippen molar-refractivity contribution >= 4 is 33.4 Å². The number of benzene rings is 1. The summed E-state index contributed by atoms with van der Waals surface area (Å²) in [5.41, 5.74) is 1.06. The summed E-state index contributed by atoms with van der Waals surface area (Å²) in [7, 11) is -3.38. The van der Waals surface area contributed by atoms with Crippen LogP contribution in [0.3, 0.4) is 0 Å². The maximum absolute atomic E-state index is 12.2. The number of hydrogen-bond acceptors (Lipinski definition) is 3. The molecule has 0 atom stereocenters. The van der Waals surface area contributed by atoms with E-state index in [2.05, 4.69) is 4.72 Å². The lowest BCUT2D eigenvalue weighted by Crippen LogP contribution is -2.37. The molecule has 19 heavy (non-hydrogen) atoms. The van der Waals surface area contributed by atoms with E-state index < -0.39 is 10.0 Å². The van der Waals surface area contributed by atoms with Gasteiger partial charge in [0.1, 0.15) is 0 Å². The predicted octanol–water partition coefficient (Wildman–Crippen LogP) is 2.64. The first-order valence-corrected chi connectivity index (χ1v) is 9.54. The fourth-order valence-electron chi connectivity index (χ4n) is 2.05. The van der Waals surface area contributed by atoms with E-state index in [1.165, 1.54) is 0 Å². The lowest BCUT2D eigenvalue weighted by atomic mass is 10.2. The van der Waals surface area contributed by atoms with Gasteiger partial charge in [0.25, 0.3) is 0 Å². The van der Waals surface area contributed by atoms with Crippen LogP contribution in [0.25, 0.3) is 0 Å². The fourth-order valence-corrected chi connectivity index (χ4v) is 4.68. The van der Waals surface area contributed by atoms with Crippen LogP contribution in [0, 0.1) is 0 Å². The van der Waals surface area contributed by atoms with Crippen LogP contribution in [0.15, 0.2) is 29.2 Å². The van der Waals surface area contributed by atoms with Gasteiger partial charge in [-0.15, -0.1) is 11.6 Å². The van der Waals surface area contributed by atoms with Crippen LogP contribution in [0.5, 0.6) is 0 Å². The SMILES string of the molecule is O=S(=O)(NC1CCSCC1)c1ccc(CCCl)cc1. The van der Waals surface area contributed by atoms with Crippen LogP contribution in [0.1, 0.15) is 18.4 Å². The van der Waals surface area contributed by atoms with Crippen molar-refractivity contribution in [3.05, 3.63) is 29.8 Å². The Hall–Kier alpha value is -0.230. The monoisotopic (exact) mass is 319 g/mol. The first kappa shape index (κ1) is 15.2. The van der Waals surface area contributed by atoms with E-state index in [1.54, 1.807) is 12.1 Å². The molecule has 0 bridgehead atoms. The summed E-state index contributed by atoms with van der Waals surface area (Å²) >= 11 is 7.54. The van der Waals surface area contributed by atoms with E-state index in [-0.39, 0.29) is 6.04 Å². The summed E-state index contributed by atoms with van der Waals surface area (Å²) in [5.74, 6) is 2.60. The van der Waals surface area contributed by atoms with Gasteiger partial charge in [-0.2, -0.15) is 11.8 Å². The molecule has 0 spiro atoms. The van der Waals surface area contributed by atoms with Gasteiger partial charge in [-0.1, -0.05) is 12.1 Å². The van der Waals surface area contributed by atoms with Crippen LogP contribution in [-0.4, -0.2) is 31.8 Å². The van der Waals surface area contributed by atoms with E-state index in [0.29, 0.717) is 10.8 Å². The van der Waals surface area contributed by atoms with Gasteiger partial charge in [0.15, 0.2) is 0 Å². The summed E-state index contributed by atoms with van der Waals surface area (Å²) < 4.78 is 27.2. The van der Waals surface area contributed by atoms with Crippen molar-refractivity contribution in [3.8, 4) is 0 Å². The third-order valence-electron chi connectivity index (χ3n) is 3.16. The summed E-state index contributed by atoms with van der Waals surface area (Å²) in [6.07, 6.45) is 2.58. The Kier molecular flexibility index (Phi) is 5.57. The predicted molar refractivity (Wildman–Crippen MR) is 81.5 cm³/mol. The molecule has 1 fully saturated rings. The summed E-state index contributed by atoms with van der Waals surface area (Å²) in [4.78, 5) is 0.337. The number of sulfonamides is 1. The normalized spacial score (nSPS) is 17.5. The molecule has 0 aromatic heterocycles. The zero-order chi connectivity index (χ0) is 13.7. The molecular weight excluding hydrogens is 302 g/mol. The molecule has 1 heterocycles. The third-order valence-corrected chi connectivity index (χ3v) is 5.93. The van der Waals surface area contributed by atoms with Crippen LogP contribution in [0.4, 0.5) is 0 Å². The Bertz CT molecular complexity index is 496. The highest BCUT2D eigenvalue weighted by atomic mass is 35.5. The second-order valence-electron chi connectivity index (χ2n) is 4.59. The molecule has 1 aliphatic rings. The Balaban J connectivity index is 2.05. The van der Waals surface area contributed by atoms with Crippen molar-refractivity contribution < 1.29 is 8.42 Å². The van der Waals surface area contributed by atoms with Crippen molar-refractivity contribution in [2.75, 3.05) is 17.4 Å². The van der Waals surface area contributed by atoms with Crippen LogP contribution in [0.2, 0.25) is 0 Å². The number of halogens is 1. The smallest absolute Gasteiger partial charge is 0.208 e. The van der Waals surface area contributed by atoms with Crippen molar-refractivity contribution in [1.29, 1.82) is 0 Å². The minimum Gasteiger partial charge on any atom is -0.208 e. The molecule has 1 aromatic rings. The number of nitrogens with one attached hydrogen (secondary N) is 1. The highest BCUT2D eigenvalue weighted by molar-refractivity contribution is 7.99. The van der Waals surface area contributed by atoms with Gasteiger partial charge < -0.3 is 0 Å². The highest BCUT2D eigenvalue weighted by Crippen LogP contribution is 2.19. The Morgan fingerprint density at radius 2 is 1.84 bits per heavy atom. The van der Waals surface area contributed by atoms with E-state index >= 15 is 0 Å². The number of rotatable bonds is 5. The number of thioether (sulfide) groups is 1. The Morgan fingerprint density at radius 3 is 2.42 bits per heavy atom. The molecule has 1 aromatic carbocycles. The van der Waals surface area contributed by atoms with Crippen molar-refractivity contribution in [2.24, 2.45) is 0 Å². The second-order valence-corrected chi connectivity index (χ2v) is 7.91. The maximum atomic E-state index is 12.2. The average Bonchev–Trinajstić information content (AvgIpc) is 2.40. The van der Waals surface area contributed by atoms with Gasteiger partial charge in [-0.25, -0.2) is 13.1 Å². The lowest BCUT2D eigenvalue weighted by Gasteiger charge is -2.22. The number of aryl methyl sites for hydroxylation is 1. The number of hydrogen-bond donors (Lipinski definition) is 1. The second kappa shape index (κ2) is 6.97. The van der Waals surface area contributed by atoms with Gasteiger partial charge in [0, 0.05) is 11.9 Å². The zero-order valence-corrected chi connectivity index (χ0v) is 13.0. The van der Waals surface area contributed by atoms with Crippen LogP contribution < -0.4 is 4.72 Å². The minimum absolute atomic E-state index is 0.0776. The molecule has 3 nitrogen and oxygen atoms in total. The van der Waals surface area contributed by atoms with Crippen LogP contribution in [-0.2, 0) is 16.4 Å². The van der Waals surface area contributed by atoms with E-state index in [9.17, 15) is 8.42 Å². The van der Waals surface area contributed by atoms with Gasteiger partial charge in [-0.3, -0.25) is 0 Å².